The molecule has 1 aliphatic rings. The Morgan fingerprint density at radius 2 is 1.77 bits per heavy atom. The number of nitrogens with one attached hydrogen (secondary N) is 1. The van der Waals surface area contributed by atoms with E-state index in [1.54, 1.807) is 16.7 Å². The number of hydrogen-bond acceptors (Lipinski definition) is 3. The van der Waals surface area contributed by atoms with E-state index in [2.05, 4.69) is 5.32 Å². The van der Waals surface area contributed by atoms with Crippen molar-refractivity contribution in [2.24, 2.45) is 0 Å². The molecule has 0 aromatic heterocycles. The summed E-state index contributed by atoms with van der Waals surface area (Å²) < 4.78 is 0. The van der Waals surface area contributed by atoms with Gasteiger partial charge in [-0.3, -0.25) is 9.59 Å². The molecule has 2 aromatic carbocycles. The minimum Gasteiger partial charge on any atom is -0.352 e. The zero-order chi connectivity index (χ0) is 21.3. The van der Waals surface area contributed by atoms with Gasteiger partial charge in [0.25, 0.3) is 0 Å². The Morgan fingerprint density at radius 1 is 1.10 bits per heavy atom. The van der Waals surface area contributed by atoms with Crippen molar-refractivity contribution in [3.8, 4) is 0 Å². The average Bonchev–Trinajstić information content (AvgIpc) is 3.26. The van der Waals surface area contributed by atoms with Gasteiger partial charge in [-0.1, -0.05) is 54.8 Å². The standard InChI is InChI=1S/C24H29ClN2O2S/c1-18(24(29)26-21-7-5-6-8-21)27(17-19-11-13-20(25)14-12-19)23(28)15-16-30-22-9-3-2-4-10-22/h2-4,9-14,18,21H,5-8,15-17H2,1H3,(H,26,29)/t18-/m1/s1. The molecule has 3 rings (SSSR count). The van der Waals surface area contributed by atoms with Gasteiger partial charge in [-0.25, -0.2) is 0 Å². The van der Waals surface area contributed by atoms with Crippen molar-refractivity contribution < 1.29 is 9.59 Å². The number of halogens is 1. The number of hydrogen-bond donors (Lipinski definition) is 1. The molecule has 1 fully saturated rings. The van der Waals surface area contributed by atoms with Crippen LogP contribution in [0.3, 0.4) is 0 Å². The highest BCUT2D eigenvalue weighted by Gasteiger charge is 2.28. The van der Waals surface area contributed by atoms with E-state index in [4.69, 9.17) is 11.6 Å². The number of carbonyl (C=O) groups is 2. The molecular formula is C24H29ClN2O2S. The first-order chi connectivity index (χ1) is 14.5. The molecule has 2 aromatic rings. The van der Waals surface area contributed by atoms with E-state index in [0.717, 1.165) is 36.1 Å². The van der Waals surface area contributed by atoms with E-state index in [0.29, 0.717) is 23.7 Å². The first-order valence-electron chi connectivity index (χ1n) is 10.5. The van der Waals surface area contributed by atoms with Crippen LogP contribution in [0.4, 0.5) is 0 Å². The fourth-order valence-electron chi connectivity index (χ4n) is 3.68. The Morgan fingerprint density at radius 3 is 2.43 bits per heavy atom. The highest BCUT2D eigenvalue weighted by Crippen LogP contribution is 2.21. The van der Waals surface area contributed by atoms with Crippen LogP contribution in [0.5, 0.6) is 0 Å². The highest BCUT2D eigenvalue weighted by atomic mass is 35.5. The highest BCUT2D eigenvalue weighted by molar-refractivity contribution is 7.99. The van der Waals surface area contributed by atoms with Crippen LogP contribution in [0.15, 0.2) is 59.5 Å². The molecular weight excluding hydrogens is 416 g/mol. The zero-order valence-corrected chi connectivity index (χ0v) is 18.9. The van der Waals surface area contributed by atoms with Crippen LogP contribution in [0, 0.1) is 0 Å². The first-order valence-corrected chi connectivity index (χ1v) is 11.9. The molecule has 160 valence electrons. The van der Waals surface area contributed by atoms with Crippen molar-refractivity contribution in [2.75, 3.05) is 5.75 Å². The fourth-order valence-corrected chi connectivity index (χ4v) is 4.67. The minimum atomic E-state index is -0.518. The topological polar surface area (TPSA) is 49.4 Å². The van der Waals surface area contributed by atoms with Gasteiger partial charge in [-0.15, -0.1) is 11.8 Å². The third-order valence-corrected chi connectivity index (χ3v) is 6.73. The maximum absolute atomic E-state index is 13.1. The van der Waals surface area contributed by atoms with Crippen LogP contribution >= 0.6 is 23.4 Å². The van der Waals surface area contributed by atoms with Crippen molar-refractivity contribution >= 4 is 35.2 Å². The first kappa shape index (κ1) is 22.7. The Hall–Kier alpha value is -1.98. The lowest BCUT2D eigenvalue weighted by molar-refractivity contribution is -0.140. The summed E-state index contributed by atoms with van der Waals surface area (Å²) in [7, 11) is 0. The Balaban J connectivity index is 1.64. The number of benzene rings is 2. The number of carbonyl (C=O) groups excluding carboxylic acids is 2. The second-order valence-electron chi connectivity index (χ2n) is 7.73. The average molecular weight is 445 g/mol. The van der Waals surface area contributed by atoms with E-state index in [1.165, 1.54) is 0 Å². The van der Waals surface area contributed by atoms with Crippen LogP contribution in [-0.2, 0) is 16.1 Å². The Bertz CT molecular complexity index is 823. The molecule has 30 heavy (non-hydrogen) atoms. The predicted octanol–water partition coefficient (Wildman–Crippen LogP) is 5.30. The van der Waals surface area contributed by atoms with E-state index in [-0.39, 0.29) is 17.9 Å². The van der Waals surface area contributed by atoms with Gasteiger partial charge in [0.2, 0.25) is 11.8 Å². The third-order valence-electron chi connectivity index (χ3n) is 5.46. The fraction of sp³-hybridized carbons (Fsp3) is 0.417. The zero-order valence-electron chi connectivity index (χ0n) is 17.4. The summed E-state index contributed by atoms with van der Waals surface area (Å²) in [6.45, 7) is 2.22. The van der Waals surface area contributed by atoms with Crippen LogP contribution in [0.1, 0.15) is 44.6 Å². The number of thioether (sulfide) groups is 1. The van der Waals surface area contributed by atoms with Crippen LogP contribution < -0.4 is 5.32 Å². The summed E-state index contributed by atoms with van der Waals surface area (Å²) in [5, 5.41) is 3.79. The van der Waals surface area contributed by atoms with Crippen molar-refractivity contribution in [3.63, 3.8) is 0 Å². The van der Waals surface area contributed by atoms with Gasteiger partial charge < -0.3 is 10.2 Å². The number of nitrogens with zero attached hydrogens (tertiary/aromatic N) is 1. The molecule has 2 amide bonds. The van der Waals surface area contributed by atoms with Crippen LogP contribution in [0.2, 0.25) is 5.02 Å². The van der Waals surface area contributed by atoms with Crippen LogP contribution in [0.25, 0.3) is 0 Å². The van der Waals surface area contributed by atoms with E-state index in [1.807, 2.05) is 61.5 Å². The van der Waals surface area contributed by atoms with Gasteiger partial charge in [0.05, 0.1) is 0 Å². The van der Waals surface area contributed by atoms with Gasteiger partial charge in [0, 0.05) is 34.7 Å². The van der Waals surface area contributed by atoms with Crippen molar-refractivity contribution in [1.82, 2.24) is 10.2 Å². The maximum atomic E-state index is 13.1. The molecule has 4 nitrogen and oxygen atoms in total. The molecule has 0 radical (unpaired) electrons. The summed E-state index contributed by atoms with van der Waals surface area (Å²) in [5.74, 6) is 0.596. The van der Waals surface area contributed by atoms with Gasteiger partial charge in [-0.05, 0) is 49.6 Å². The second kappa shape index (κ2) is 11.4. The Labute approximate surface area is 188 Å². The van der Waals surface area contributed by atoms with Crippen molar-refractivity contribution in [3.05, 3.63) is 65.2 Å². The van der Waals surface area contributed by atoms with Gasteiger partial charge in [0.15, 0.2) is 0 Å². The summed E-state index contributed by atoms with van der Waals surface area (Å²) in [6, 6.07) is 17.2. The lowest BCUT2D eigenvalue weighted by atomic mass is 10.1. The van der Waals surface area contributed by atoms with E-state index < -0.39 is 6.04 Å². The normalized spacial score (nSPS) is 15.0. The lowest BCUT2D eigenvalue weighted by Crippen LogP contribution is -2.49. The lowest BCUT2D eigenvalue weighted by Gasteiger charge is -2.30. The van der Waals surface area contributed by atoms with Gasteiger partial charge in [0.1, 0.15) is 6.04 Å². The summed E-state index contributed by atoms with van der Waals surface area (Å²) in [4.78, 5) is 28.8. The molecule has 1 atom stereocenters. The number of amides is 2. The van der Waals surface area contributed by atoms with E-state index in [9.17, 15) is 9.59 Å². The SMILES string of the molecule is C[C@H](C(=O)NC1CCCC1)N(Cc1ccc(Cl)cc1)C(=O)CCSc1ccccc1. The van der Waals surface area contributed by atoms with Crippen molar-refractivity contribution in [2.45, 2.75) is 62.6 Å². The summed E-state index contributed by atoms with van der Waals surface area (Å²) >= 11 is 7.65. The largest absolute Gasteiger partial charge is 0.352 e. The van der Waals surface area contributed by atoms with Gasteiger partial charge >= 0.3 is 0 Å². The molecule has 0 saturated heterocycles. The van der Waals surface area contributed by atoms with E-state index >= 15 is 0 Å². The summed E-state index contributed by atoms with van der Waals surface area (Å²) in [6.07, 6.45) is 4.75. The maximum Gasteiger partial charge on any atom is 0.242 e. The molecule has 0 bridgehead atoms. The van der Waals surface area contributed by atoms with Crippen LogP contribution in [-0.4, -0.2) is 34.6 Å². The minimum absolute atomic E-state index is 0.0116. The molecule has 6 heteroatoms. The van der Waals surface area contributed by atoms with Crippen molar-refractivity contribution in [1.29, 1.82) is 0 Å². The number of rotatable bonds is 9. The smallest absolute Gasteiger partial charge is 0.242 e. The Kier molecular flexibility index (Phi) is 8.64. The second-order valence-corrected chi connectivity index (χ2v) is 9.33. The molecule has 0 aliphatic heterocycles. The monoisotopic (exact) mass is 444 g/mol. The third kappa shape index (κ3) is 6.78. The summed E-state index contributed by atoms with van der Waals surface area (Å²) in [5.41, 5.74) is 0.962. The molecule has 1 N–H and O–H groups in total. The molecule has 0 unspecified atom stereocenters. The quantitative estimate of drug-likeness (QED) is 0.534. The predicted molar refractivity (Wildman–Crippen MR) is 124 cm³/mol. The molecule has 0 spiro atoms. The molecule has 1 aliphatic carbocycles. The molecule has 1 saturated carbocycles. The molecule has 0 heterocycles. The van der Waals surface area contributed by atoms with Gasteiger partial charge in [-0.2, -0.15) is 0 Å².